The van der Waals surface area contributed by atoms with E-state index in [9.17, 15) is 13.2 Å². The summed E-state index contributed by atoms with van der Waals surface area (Å²) in [4.78, 5) is 10.5. The molecule has 1 saturated carbocycles. The van der Waals surface area contributed by atoms with Gasteiger partial charge in [-0.05, 0) is 19.3 Å². The first-order valence-corrected chi connectivity index (χ1v) is 6.73. The molecule has 2 N–H and O–H groups in total. The fourth-order valence-electron chi connectivity index (χ4n) is 1.47. The topological polar surface area (TPSA) is 83.5 Å². The van der Waals surface area contributed by atoms with Crippen LogP contribution >= 0.6 is 0 Å². The van der Waals surface area contributed by atoms with E-state index in [2.05, 4.69) is 4.72 Å². The lowest BCUT2D eigenvalue weighted by Gasteiger charge is -2.15. The molecule has 0 aromatic heterocycles. The highest BCUT2D eigenvalue weighted by molar-refractivity contribution is 7.90. The molecule has 1 atom stereocenters. The molecular weight excluding hydrogens is 218 g/mol. The molecule has 0 heterocycles. The number of nitrogens with one attached hydrogen (secondary N) is 1. The molecule has 1 aliphatic carbocycles. The van der Waals surface area contributed by atoms with Crippen molar-refractivity contribution in [3.05, 3.63) is 0 Å². The summed E-state index contributed by atoms with van der Waals surface area (Å²) in [7, 11) is -3.27. The third-order valence-corrected chi connectivity index (χ3v) is 4.36. The molecule has 0 saturated heterocycles. The van der Waals surface area contributed by atoms with Gasteiger partial charge in [-0.25, -0.2) is 13.1 Å². The van der Waals surface area contributed by atoms with Crippen LogP contribution in [0.2, 0.25) is 0 Å². The van der Waals surface area contributed by atoms with Crippen LogP contribution in [0.25, 0.3) is 0 Å². The molecular formula is C9H17NO4S. The summed E-state index contributed by atoms with van der Waals surface area (Å²) >= 11 is 0. The predicted octanol–water partition coefficient (Wildman–Crippen LogP) is 0.712. The molecule has 0 aromatic carbocycles. The van der Waals surface area contributed by atoms with Crippen LogP contribution in [0.5, 0.6) is 0 Å². The van der Waals surface area contributed by atoms with Gasteiger partial charge in [0, 0.05) is 6.04 Å². The van der Waals surface area contributed by atoms with Gasteiger partial charge in [0.15, 0.2) is 0 Å². The molecule has 1 fully saturated rings. The number of hydrogen-bond donors (Lipinski definition) is 2. The van der Waals surface area contributed by atoms with Gasteiger partial charge >= 0.3 is 5.97 Å². The largest absolute Gasteiger partial charge is 0.481 e. The van der Waals surface area contributed by atoms with Gasteiger partial charge < -0.3 is 5.11 Å². The first-order valence-electron chi connectivity index (χ1n) is 5.18. The lowest BCUT2D eigenvalue weighted by molar-refractivity contribution is -0.137. The highest BCUT2D eigenvalue weighted by atomic mass is 32.2. The summed E-state index contributed by atoms with van der Waals surface area (Å²) in [5.41, 5.74) is 0. The van der Waals surface area contributed by atoms with E-state index >= 15 is 0 Å². The zero-order chi connectivity index (χ0) is 11.5. The Morgan fingerprint density at radius 3 is 2.53 bits per heavy atom. The van der Waals surface area contributed by atoms with Crippen molar-refractivity contribution < 1.29 is 18.3 Å². The third kappa shape index (κ3) is 4.17. The number of aliphatic carboxylic acids is 1. The molecule has 1 aliphatic rings. The highest BCUT2D eigenvalue weighted by Gasteiger charge is 2.37. The van der Waals surface area contributed by atoms with Crippen molar-refractivity contribution in [2.24, 2.45) is 0 Å². The van der Waals surface area contributed by atoms with E-state index in [4.69, 9.17) is 5.11 Å². The van der Waals surface area contributed by atoms with E-state index in [-0.39, 0.29) is 11.7 Å². The van der Waals surface area contributed by atoms with E-state index in [0.29, 0.717) is 19.3 Å². The molecule has 6 heteroatoms. The monoisotopic (exact) mass is 235 g/mol. The van der Waals surface area contributed by atoms with Gasteiger partial charge in [0.25, 0.3) is 0 Å². The molecule has 88 valence electrons. The molecule has 0 bridgehead atoms. The van der Waals surface area contributed by atoms with Crippen molar-refractivity contribution in [1.82, 2.24) is 4.72 Å². The van der Waals surface area contributed by atoms with E-state index in [1.54, 1.807) is 0 Å². The number of carboxylic acid groups (broad SMARTS) is 1. The van der Waals surface area contributed by atoms with Gasteiger partial charge in [-0.1, -0.05) is 13.3 Å². The van der Waals surface area contributed by atoms with Crippen molar-refractivity contribution in [2.45, 2.75) is 50.3 Å². The van der Waals surface area contributed by atoms with Gasteiger partial charge in [-0.15, -0.1) is 0 Å². The lowest BCUT2D eigenvalue weighted by atomic mass is 10.1. The first kappa shape index (κ1) is 12.4. The van der Waals surface area contributed by atoms with E-state index < -0.39 is 22.0 Å². The Labute approximate surface area is 89.9 Å². The lowest BCUT2D eigenvalue weighted by Crippen LogP contribution is -2.38. The standard InChI is InChI=1S/C9H17NO4S/c1-2-3-7(6-9(11)12)10-15(13,14)8-4-5-8/h7-8,10H,2-6H2,1H3,(H,11,12). The minimum atomic E-state index is -3.27. The van der Waals surface area contributed by atoms with Crippen molar-refractivity contribution in [3.63, 3.8) is 0 Å². The predicted molar refractivity (Wildman–Crippen MR) is 56.0 cm³/mol. The summed E-state index contributed by atoms with van der Waals surface area (Å²) in [5, 5.41) is 8.34. The second-order valence-electron chi connectivity index (χ2n) is 3.95. The normalized spacial score (nSPS) is 18.7. The van der Waals surface area contributed by atoms with Crippen LogP contribution in [0.1, 0.15) is 39.0 Å². The Bertz CT molecular complexity index is 321. The van der Waals surface area contributed by atoms with Gasteiger partial charge in [-0.2, -0.15) is 0 Å². The molecule has 15 heavy (non-hydrogen) atoms. The second-order valence-corrected chi connectivity index (χ2v) is 5.94. The number of hydrogen-bond acceptors (Lipinski definition) is 3. The van der Waals surface area contributed by atoms with Crippen LogP contribution in [0.4, 0.5) is 0 Å². The molecule has 0 aliphatic heterocycles. The summed E-state index contributed by atoms with van der Waals surface area (Å²) in [6, 6.07) is -0.460. The van der Waals surface area contributed by atoms with Crippen molar-refractivity contribution in [3.8, 4) is 0 Å². The van der Waals surface area contributed by atoms with Crippen LogP contribution in [-0.2, 0) is 14.8 Å². The maximum atomic E-state index is 11.6. The molecule has 1 unspecified atom stereocenters. The maximum Gasteiger partial charge on any atom is 0.304 e. The fourth-order valence-corrected chi connectivity index (χ4v) is 3.08. The Morgan fingerprint density at radius 1 is 1.53 bits per heavy atom. The summed E-state index contributed by atoms with van der Waals surface area (Å²) < 4.78 is 25.6. The summed E-state index contributed by atoms with van der Waals surface area (Å²) in [6.07, 6.45) is 2.59. The van der Waals surface area contributed by atoms with Gasteiger partial charge in [0.05, 0.1) is 11.7 Å². The molecule has 0 aromatic rings. The number of carbonyl (C=O) groups is 1. The van der Waals surface area contributed by atoms with Crippen molar-refractivity contribution in [2.75, 3.05) is 0 Å². The Hall–Kier alpha value is -0.620. The maximum absolute atomic E-state index is 11.6. The molecule has 5 nitrogen and oxygen atoms in total. The minimum Gasteiger partial charge on any atom is -0.481 e. The minimum absolute atomic E-state index is 0.139. The number of carboxylic acids is 1. The van der Waals surface area contributed by atoms with Crippen LogP contribution in [0, 0.1) is 0 Å². The number of rotatable bonds is 7. The number of sulfonamides is 1. The van der Waals surface area contributed by atoms with E-state index in [1.165, 1.54) is 0 Å². The van der Waals surface area contributed by atoms with E-state index in [0.717, 1.165) is 6.42 Å². The average molecular weight is 235 g/mol. The molecule has 0 spiro atoms. The smallest absolute Gasteiger partial charge is 0.304 e. The third-order valence-electron chi connectivity index (χ3n) is 2.35. The van der Waals surface area contributed by atoms with Crippen LogP contribution in [-0.4, -0.2) is 30.8 Å². The van der Waals surface area contributed by atoms with Crippen LogP contribution < -0.4 is 4.72 Å². The van der Waals surface area contributed by atoms with Crippen molar-refractivity contribution in [1.29, 1.82) is 0 Å². The van der Waals surface area contributed by atoms with Crippen LogP contribution in [0.15, 0.2) is 0 Å². The quantitative estimate of drug-likeness (QED) is 0.680. The Kier molecular flexibility index (Phi) is 4.10. The fraction of sp³-hybridized carbons (Fsp3) is 0.889. The zero-order valence-electron chi connectivity index (χ0n) is 8.77. The van der Waals surface area contributed by atoms with Crippen molar-refractivity contribution >= 4 is 16.0 Å². The second kappa shape index (κ2) is 4.94. The van der Waals surface area contributed by atoms with E-state index in [1.807, 2.05) is 6.92 Å². The average Bonchev–Trinajstić information content (AvgIpc) is 2.83. The molecule has 0 amide bonds. The Balaban J connectivity index is 2.52. The molecule has 0 radical (unpaired) electrons. The van der Waals surface area contributed by atoms with Gasteiger partial charge in [-0.3, -0.25) is 4.79 Å². The SMILES string of the molecule is CCCC(CC(=O)O)NS(=O)(=O)C1CC1. The highest BCUT2D eigenvalue weighted by Crippen LogP contribution is 2.28. The molecule has 1 rings (SSSR count). The summed E-state index contributed by atoms with van der Waals surface area (Å²) in [6.45, 7) is 1.90. The first-order chi connectivity index (χ1) is 6.95. The van der Waals surface area contributed by atoms with Gasteiger partial charge in [0.1, 0.15) is 0 Å². The van der Waals surface area contributed by atoms with Gasteiger partial charge in [0.2, 0.25) is 10.0 Å². The Morgan fingerprint density at radius 2 is 2.13 bits per heavy atom. The zero-order valence-corrected chi connectivity index (χ0v) is 9.59. The summed E-state index contributed by atoms with van der Waals surface area (Å²) in [5.74, 6) is -0.966. The van der Waals surface area contributed by atoms with Crippen LogP contribution in [0.3, 0.4) is 0 Å².